The fourth-order valence-electron chi connectivity index (χ4n) is 2.81. The predicted molar refractivity (Wildman–Crippen MR) is 103 cm³/mol. The third-order valence-corrected chi connectivity index (χ3v) is 5.17. The van der Waals surface area contributed by atoms with Crippen molar-refractivity contribution in [3.05, 3.63) is 65.9 Å². The number of aromatic amines is 1. The molecule has 3 rings (SSSR count). The van der Waals surface area contributed by atoms with E-state index in [0.717, 1.165) is 40.4 Å². The summed E-state index contributed by atoms with van der Waals surface area (Å²) in [5, 5.41) is 3.61. The largest absolute Gasteiger partial charge is 0.467 e. The normalized spacial score (nSPS) is 12.0. The van der Waals surface area contributed by atoms with Crippen LogP contribution in [0.4, 0.5) is 8.78 Å². The monoisotopic (exact) mass is 404 g/mol. The average molecular weight is 404 g/mol. The van der Waals surface area contributed by atoms with Crippen molar-refractivity contribution < 1.29 is 23.1 Å². The molecular formula is C20H18F2N2O3S. The van der Waals surface area contributed by atoms with Gasteiger partial charge < -0.3 is 15.0 Å². The number of carbonyl (C=O) groups excluding carboxylic acids is 2. The van der Waals surface area contributed by atoms with Gasteiger partial charge in [-0.15, -0.1) is 11.8 Å². The number of hydrogen-bond donors (Lipinski definition) is 2. The van der Waals surface area contributed by atoms with Gasteiger partial charge in [0, 0.05) is 28.4 Å². The molecule has 0 spiro atoms. The number of rotatable bonds is 7. The number of ether oxygens (including phenoxy) is 1. The standard InChI is InChI=1S/C20H18F2N2O3S/c1-27-20(26)18(8-12-10-23-17-5-3-2-4-14(12)17)24-19(25)11-28-13-6-7-15(21)16(22)9-13/h2-7,9-10,18,23H,8,11H2,1H3,(H,24,25)/t18-/m0/s1. The molecule has 2 aromatic carbocycles. The summed E-state index contributed by atoms with van der Waals surface area (Å²) in [5.41, 5.74) is 1.81. The molecule has 0 radical (unpaired) electrons. The summed E-state index contributed by atoms with van der Waals surface area (Å²) in [6.45, 7) is 0. The highest BCUT2D eigenvalue weighted by molar-refractivity contribution is 8.00. The van der Waals surface area contributed by atoms with Crippen LogP contribution in [0, 0.1) is 11.6 Å². The number of H-pyrrole nitrogens is 1. The van der Waals surface area contributed by atoms with Crippen LogP contribution in [0.25, 0.3) is 10.9 Å². The van der Waals surface area contributed by atoms with Gasteiger partial charge in [0.1, 0.15) is 6.04 Å². The highest BCUT2D eigenvalue weighted by Gasteiger charge is 2.23. The number of fused-ring (bicyclic) bond motifs is 1. The number of esters is 1. The maximum absolute atomic E-state index is 13.3. The number of amides is 1. The van der Waals surface area contributed by atoms with Crippen LogP contribution in [0.3, 0.4) is 0 Å². The molecule has 28 heavy (non-hydrogen) atoms. The molecule has 0 fully saturated rings. The van der Waals surface area contributed by atoms with Gasteiger partial charge in [0.05, 0.1) is 12.9 Å². The van der Waals surface area contributed by atoms with Crippen LogP contribution in [-0.4, -0.2) is 35.8 Å². The molecule has 1 amide bonds. The highest BCUT2D eigenvalue weighted by atomic mass is 32.2. The van der Waals surface area contributed by atoms with E-state index >= 15 is 0 Å². The summed E-state index contributed by atoms with van der Waals surface area (Å²) in [6.07, 6.45) is 2.06. The Morgan fingerprint density at radius 1 is 1.18 bits per heavy atom. The first-order valence-electron chi connectivity index (χ1n) is 8.48. The first-order valence-corrected chi connectivity index (χ1v) is 9.46. The van der Waals surface area contributed by atoms with Gasteiger partial charge in [-0.3, -0.25) is 4.79 Å². The van der Waals surface area contributed by atoms with Gasteiger partial charge in [0.15, 0.2) is 11.6 Å². The molecule has 1 aromatic heterocycles. The second-order valence-electron chi connectivity index (χ2n) is 6.07. The Morgan fingerprint density at radius 2 is 1.96 bits per heavy atom. The molecule has 0 aliphatic carbocycles. The minimum atomic E-state index is -0.975. The summed E-state index contributed by atoms with van der Waals surface area (Å²) >= 11 is 1.05. The lowest BCUT2D eigenvalue weighted by Gasteiger charge is -2.16. The highest BCUT2D eigenvalue weighted by Crippen LogP contribution is 2.21. The third-order valence-electron chi connectivity index (χ3n) is 4.18. The van der Waals surface area contributed by atoms with E-state index in [1.807, 2.05) is 24.3 Å². The van der Waals surface area contributed by atoms with Crippen LogP contribution >= 0.6 is 11.8 Å². The molecule has 0 saturated heterocycles. The molecule has 146 valence electrons. The predicted octanol–water partition coefficient (Wildman–Crippen LogP) is 3.44. The van der Waals surface area contributed by atoms with Crippen molar-refractivity contribution in [2.75, 3.05) is 12.9 Å². The quantitative estimate of drug-likeness (QED) is 0.468. The van der Waals surface area contributed by atoms with Gasteiger partial charge in [-0.1, -0.05) is 18.2 Å². The number of aromatic nitrogens is 1. The second-order valence-corrected chi connectivity index (χ2v) is 7.12. The van der Waals surface area contributed by atoms with E-state index in [9.17, 15) is 18.4 Å². The smallest absolute Gasteiger partial charge is 0.328 e. The fraction of sp³-hybridized carbons (Fsp3) is 0.200. The third kappa shape index (κ3) is 4.69. The molecule has 3 aromatic rings. The summed E-state index contributed by atoms with van der Waals surface area (Å²) in [4.78, 5) is 27.9. The van der Waals surface area contributed by atoms with E-state index in [4.69, 9.17) is 4.74 Å². The van der Waals surface area contributed by atoms with Crippen LogP contribution in [-0.2, 0) is 20.7 Å². The molecule has 0 unspecified atom stereocenters. The summed E-state index contributed by atoms with van der Waals surface area (Å²) in [7, 11) is 1.26. The Bertz CT molecular complexity index is 1010. The van der Waals surface area contributed by atoms with E-state index in [0.29, 0.717) is 4.90 Å². The van der Waals surface area contributed by atoms with Gasteiger partial charge in [-0.2, -0.15) is 0 Å². The average Bonchev–Trinajstić information content (AvgIpc) is 3.11. The Morgan fingerprint density at radius 3 is 2.71 bits per heavy atom. The van der Waals surface area contributed by atoms with Crippen molar-refractivity contribution in [2.45, 2.75) is 17.4 Å². The molecular weight excluding hydrogens is 386 g/mol. The van der Waals surface area contributed by atoms with Crippen molar-refractivity contribution in [1.82, 2.24) is 10.3 Å². The molecule has 0 saturated carbocycles. The number of para-hydroxylation sites is 1. The SMILES string of the molecule is COC(=O)[C@H](Cc1c[nH]c2ccccc12)NC(=O)CSc1ccc(F)c(F)c1. The Hall–Kier alpha value is -2.87. The molecule has 1 atom stereocenters. The number of carbonyl (C=O) groups is 2. The van der Waals surface area contributed by atoms with Gasteiger partial charge >= 0.3 is 5.97 Å². The molecule has 2 N–H and O–H groups in total. The zero-order chi connectivity index (χ0) is 20.1. The first-order chi connectivity index (χ1) is 13.5. The van der Waals surface area contributed by atoms with Crippen LogP contribution in [0.1, 0.15) is 5.56 Å². The van der Waals surface area contributed by atoms with E-state index in [-0.39, 0.29) is 12.2 Å². The Labute approximate surface area is 164 Å². The molecule has 1 heterocycles. The van der Waals surface area contributed by atoms with Crippen LogP contribution in [0.2, 0.25) is 0 Å². The molecule has 0 aliphatic rings. The van der Waals surface area contributed by atoms with Crippen LogP contribution in [0.15, 0.2) is 53.6 Å². The van der Waals surface area contributed by atoms with Crippen molar-refractivity contribution in [3.8, 4) is 0 Å². The minimum absolute atomic E-state index is 0.0492. The lowest BCUT2D eigenvalue weighted by Crippen LogP contribution is -2.43. The van der Waals surface area contributed by atoms with Crippen molar-refractivity contribution in [2.24, 2.45) is 0 Å². The first kappa shape index (κ1) is 19.9. The number of benzene rings is 2. The zero-order valence-electron chi connectivity index (χ0n) is 15.0. The van der Waals surface area contributed by atoms with Crippen LogP contribution in [0.5, 0.6) is 0 Å². The topological polar surface area (TPSA) is 71.2 Å². The summed E-state index contributed by atoms with van der Waals surface area (Å²) < 4.78 is 31.0. The van der Waals surface area contributed by atoms with E-state index in [1.165, 1.54) is 13.2 Å². The molecule has 8 heteroatoms. The molecule has 0 aliphatic heterocycles. The number of nitrogens with one attached hydrogen (secondary N) is 2. The maximum Gasteiger partial charge on any atom is 0.328 e. The van der Waals surface area contributed by atoms with E-state index in [2.05, 4.69) is 10.3 Å². The lowest BCUT2D eigenvalue weighted by atomic mass is 10.0. The maximum atomic E-state index is 13.3. The summed E-state index contributed by atoms with van der Waals surface area (Å²) in [5.74, 6) is -2.94. The van der Waals surface area contributed by atoms with Gasteiger partial charge in [-0.05, 0) is 29.8 Å². The lowest BCUT2D eigenvalue weighted by molar-refractivity contribution is -0.144. The Balaban J connectivity index is 1.65. The minimum Gasteiger partial charge on any atom is -0.467 e. The molecule has 0 bridgehead atoms. The van der Waals surface area contributed by atoms with Gasteiger partial charge in [0.2, 0.25) is 5.91 Å². The van der Waals surface area contributed by atoms with Crippen LogP contribution < -0.4 is 5.32 Å². The number of thioether (sulfide) groups is 1. The fourth-order valence-corrected chi connectivity index (χ4v) is 3.54. The van der Waals surface area contributed by atoms with Crippen molar-refractivity contribution in [3.63, 3.8) is 0 Å². The number of hydrogen-bond acceptors (Lipinski definition) is 4. The van der Waals surface area contributed by atoms with E-state index in [1.54, 1.807) is 6.20 Å². The number of methoxy groups -OCH3 is 1. The Kier molecular flexibility index (Phi) is 6.30. The van der Waals surface area contributed by atoms with E-state index < -0.39 is 29.6 Å². The van der Waals surface area contributed by atoms with Gasteiger partial charge in [-0.25, -0.2) is 13.6 Å². The van der Waals surface area contributed by atoms with Gasteiger partial charge in [0.25, 0.3) is 0 Å². The van der Waals surface area contributed by atoms with Crippen molar-refractivity contribution >= 4 is 34.5 Å². The van der Waals surface area contributed by atoms with Crippen molar-refractivity contribution in [1.29, 1.82) is 0 Å². The zero-order valence-corrected chi connectivity index (χ0v) is 15.8. The second kappa shape index (κ2) is 8.88. The molecule has 5 nitrogen and oxygen atoms in total. The summed E-state index contributed by atoms with van der Waals surface area (Å²) in [6, 6.07) is 10.2. The number of halogens is 2.